The lowest BCUT2D eigenvalue weighted by atomic mass is 10.1. The van der Waals surface area contributed by atoms with Crippen molar-refractivity contribution in [2.75, 3.05) is 17.7 Å². The van der Waals surface area contributed by atoms with Gasteiger partial charge in [0.2, 0.25) is 5.91 Å². The first-order chi connectivity index (χ1) is 9.93. The molecule has 1 unspecified atom stereocenters. The molecular formula is C15H21NO4S. The molecule has 0 bridgehead atoms. The van der Waals surface area contributed by atoms with Gasteiger partial charge in [-0.15, -0.1) is 11.8 Å². The van der Waals surface area contributed by atoms with Gasteiger partial charge >= 0.3 is 5.97 Å². The van der Waals surface area contributed by atoms with Gasteiger partial charge in [0.15, 0.2) is 0 Å². The predicted octanol–water partition coefficient (Wildman–Crippen LogP) is 2.87. The van der Waals surface area contributed by atoms with E-state index in [2.05, 4.69) is 5.32 Å². The summed E-state index contributed by atoms with van der Waals surface area (Å²) in [6.07, 6.45) is 0. The molecule has 0 aliphatic heterocycles. The summed E-state index contributed by atoms with van der Waals surface area (Å²) in [7, 11) is 0. The van der Waals surface area contributed by atoms with Crippen molar-refractivity contribution in [3.63, 3.8) is 0 Å². The molecule has 0 aliphatic rings. The SMILES string of the molecule is CCOc1ccc(NC(=O)CSC(C(=O)O)C(C)C)cc1. The number of anilines is 1. The van der Waals surface area contributed by atoms with Crippen molar-refractivity contribution in [3.05, 3.63) is 24.3 Å². The lowest BCUT2D eigenvalue weighted by molar-refractivity contribution is -0.137. The van der Waals surface area contributed by atoms with Gasteiger partial charge in [0.1, 0.15) is 11.0 Å². The van der Waals surface area contributed by atoms with Gasteiger partial charge in [-0.05, 0) is 37.1 Å². The zero-order chi connectivity index (χ0) is 15.8. The van der Waals surface area contributed by atoms with Crippen LogP contribution in [0.3, 0.4) is 0 Å². The highest BCUT2D eigenvalue weighted by Gasteiger charge is 2.22. The molecule has 1 aromatic rings. The number of nitrogens with one attached hydrogen (secondary N) is 1. The van der Waals surface area contributed by atoms with Crippen molar-refractivity contribution in [2.45, 2.75) is 26.0 Å². The summed E-state index contributed by atoms with van der Waals surface area (Å²) < 4.78 is 5.32. The average molecular weight is 311 g/mol. The van der Waals surface area contributed by atoms with Gasteiger partial charge in [0, 0.05) is 5.69 Å². The highest BCUT2D eigenvalue weighted by atomic mass is 32.2. The Morgan fingerprint density at radius 3 is 2.38 bits per heavy atom. The van der Waals surface area contributed by atoms with Crippen LogP contribution in [0, 0.1) is 5.92 Å². The molecule has 5 nitrogen and oxygen atoms in total. The molecule has 0 aliphatic carbocycles. The Morgan fingerprint density at radius 2 is 1.90 bits per heavy atom. The summed E-state index contributed by atoms with van der Waals surface area (Å²) in [6.45, 7) is 6.15. The molecule has 0 spiro atoms. The second-order valence-corrected chi connectivity index (χ2v) is 5.95. The van der Waals surface area contributed by atoms with Crippen molar-refractivity contribution in [1.82, 2.24) is 0 Å². The molecule has 0 heterocycles. The van der Waals surface area contributed by atoms with Crippen molar-refractivity contribution in [3.8, 4) is 5.75 Å². The Labute approximate surface area is 129 Å². The first-order valence-corrected chi connectivity index (χ1v) is 7.86. The van der Waals surface area contributed by atoms with Gasteiger partial charge in [0.25, 0.3) is 0 Å². The van der Waals surface area contributed by atoms with Crippen LogP contribution >= 0.6 is 11.8 Å². The fraction of sp³-hybridized carbons (Fsp3) is 0.467. The number of aliphatic carboxylic acids is 1. The number of ether oxygens (including phenoxy) is 1. The second-order valence-electron chi connectivity index (χ2n) is 4.82. The molecule has 2 N–H and O–H groups in total. The van der Waals surface area contributed by atoms with E-state index in [-0.39, 0.29) is 17.6 Å². The van der Waals surface area contributed by atoms with Gasteiger partial charge in [-0.1, -0.05) is 13.8 Å². The number of rotatable bonds is 8. The minimum atomic E-state index is -0.885. The molecule has 1 rings (SSSR count). The number of carbonyl (C=O) groups is 2. The summed E-state index contributed by atoms with van der Waals surface area (Å²) in [4.78, 5) is 22.9. The van der Waals surface area contributed by atoms with E-state index in [0.717, 1.165) is 17.5 Å². The quantitative estimate of drug-likeness (QED) is 0.772. The Kier molecular flexibility index (Phi) is 7.08. The van der Waals surface area contributed by atoms with Crippen LogP contribution in [0.5, 0.6) is 5.75 Å². The van der Waals surface area contributed by atoms with Gasteiger partial charge in [-0.2, -0.15) is 0 Å². The van der Waals surface area contributed by atoms with E-state index in [1.54, 1.807) is 24.3 Å². The van der Waals surface area contributed by atoms with Gasteiger partial charge in [-0.3, -0.25) is 9.59 Å². The largest absolute Gasteiger partial charge is 0.494 e. The first-order valence-electron chi connectivity index (χ1n) is 6.81. The predicted molar refractivity (Wildman–Crippen MR) is 85.0 cm³/mol. The van der Waals surface area contributed by atoms with E-state index in [1.807, 2.05) is 20.8 Å². The molecule has 0 saturated heterocycles. The molecule has 0 saturated carbocycles. The average Bonchev–Trinajstić information content (AvgIpc) is 2.40. The summed E-state index contributed by atoms with van der Waals surface area (Å²) >= 11 is 1.14. The number of carboxylic acid groups (broad SMARTS) is 1. The minimum absolute atomic E-state index is 0.0224. The van der Waals surface area contributed by atoms with Crippen LogP contribution in [-0.2, 0) is 9.59 Å². The molecule has 21 heavy (non-hydrogen) atoms. The third-order valence-electron chi connectivity index (χ3n) is 2.69. The van der Waals surface area contributed by atoms with Crippen molar-refractivity contribution in [2.24, 2.45) is 5.92 Å². The van der Waals surface area contributed by atoms with Crippen LogP contribution in [0.15, 0.2) is 24.3 Å². The number of amides is 1. The number of hydrogen-bond acceptors (Lipinski definition) is 4. The highest BCUT2D eigenvalue weighted by Crippen LogP contribution is 2.20. The summed E-state index contributed by atoms with van der Waals surface area (Å²) in [6, 6.07) is 7.07. The number of thioether (sulfide) groups is 1. The molecule has 1 amide bonds. The molecular weight excluding hydrogens is 290 g/mol. The lowest BCUT2D eigenvalue weighted by Gasteiger charge is -2.15. The van der Waals surface area contributed by atoms with Crippen LogP contribution in [0.1, 0.15) is 20.8 Å². The fourth-order valence-corrected chi connectivity index (χ4v) is 2.64. The Hall–Kier alpha value is -1.69. The standard InChI is InChI=1S/C15H21NO4S/c1-4-20-12-7-5-11(6-8-12)16-13(17)9-21-14(10(2)3)15(18)19/h5-8,10,14H,4,9H2,1-3H3,(H,16,17)(H,18,19). The molecule has 6 heteroatoms. The van der Waals surface area contributed by atoms with E-state index in [9.17, 15) is 9.59 Å². The molecule has 0 radical (unpaired) electrons. The molecule has 0 aromatic heterocycles. The maximum Gasteiger partial charge on any atom is 0.316 e. The molecule has 1 aromatic carbocycles. The van der Waals surface area contributed by atoms with E-state index in [4.69, 9.17) is 9.84 Å². The first kappa shape index (κ1) is 17.4. The molecule has 1 atom stereocenters. The molecule has 0 fully saturated rings. The maximum absolute atomic E-state index is 11.8. The number of carbonyl (C=O) groups excluding carboxylic acids is 1. The minimum Gasteiger partial charge on any atom is -0.494 e. The number of benzene rings is 1. The number of carboxylic acids is 1. The number of hydrogen-bond donors (Lipinski definition) is 2. The Balaban J connectivity index is 2.48. The summed E-state index contributed by atoms with van der Waals surface area (Å²) in [5.74, 6) is -0.260. The lowest BCUT2D eigenvalue weighted by Crippen LogP contribution is -2.25. The van der Waals surface area contributed by atoms with E-state index >= 15 is 0 Å². The highest BCUT2D eigenvalue weighted by molar-refractivity contribution is 8.01. The zero-order valence-electron chi connectivity index (χ0n) is 12.5. The monoisotopic (exact) mass is 311 g/mol. The normalized spacial score (nSPS) is 12.0. The Bertz CT molecular complexity index is 473. The topological polar surface area (TPSA) is 75.6 Å². The van der Waals surface area contributed by atoms with E-state index in [0.29, 0.717) is 12.3 Å². The van der Waals surface area contributed by atoms with Crippen LogP contribution in [0.4, 0.5) is 5.69 Å². The van der Waals surface area contributed by atoms with Crippen molar-refractivity contribution < 1.29 is 19.4 Å². The summed E-state index contributed by atoms with van der Waals surface area (Å²) in [5.41, 5.74) is 0.667. The second kappa shape index (κ2) is 8.56. The summed E-state index contributed by atoms with van der Waals surface area (Å²) in [5, 5.41) is 11.2. The van der Waals surface area contributed by atoms with Gasteiger partial charge in [0.05, 0.1) is 12.4 Å². The van der Waals surface area contributed by atoms with Crippen LogP contribution in [0.25, 0.3) is 0 Å². The van der Waals surface area contributed by atoms with Crippen LogP contribution in [-0.4, -0.2) is 34.6 Å². The van der Waals surface area contributed by atoms with E-state index < -0.39 is 11.2 Å². The Morgan fingerprint density at radius 1 is 1.29 bits per heavy atom. The van der Waals surface area contributed by atoms with Crippen molar-refractivity contribution in [1.29, 1.82) is 0 Å². The third kappa shape index (κ3) is 6.08. The van der Waals surface area contributed by atoms with E-state index in [1.165, 1.54) is 0 Å². The fourth-order valence-electron chi connectivity index (χ4n) is 1.71. The van der Waals surface area contributed by atoms with Crippen molar-refractivity contribution >= 4 is 29.3 Å². The van der Waals surface area contributed by atoms with Crippen LogP contribution < -0.4 is 10.1 Å². The van der Waals surface area contributed by atoms with Crippen LogP contribution in [0.2, 0.25) is 0 Å². The van der Waals surface area contributed by atoms with Gasteiger partial charge in [-0.25, -0.2) is 0 Å². The smallest absolute Gasteiger partial charge is 0.316 e. The maximum atomic E-state index is 11.8. The zero-order valence-corrected chi connectivity index (χ0v) is 13.3. The molecule has 116 valence electrons. The third-order valence-corrected chi connectivity index (χ3v) is 4.23. The van der Waals surface area contributed by atoms with Gasteiger partial charge < -0.3 is 15.2 Å².